The van der Waals surface area contributed by atoms with E-state index in [1.54, 1.807) is 7.11 Å². The minimum absolute atomic E-state index is 0.373. The Kier molecular flexibility index (Phi) is 3.53. The molecule has 0 amide bonds. The highest BCUT2D eigenvalue weighted by molar-refractivity contribution is 5.41. The summed E-state index contributed by atoms with van der Waals surface area (Å²) in [6.45, 7) is 8.87. The summed E-state index contributed by atoms with van der Waals surface area (Å²) in [6.07, 6.45) is 0. The van der Waals surface area contributed by atoms with Crippen LogP contribution in [0.2, 0.25) is 0 Å². The van der Waals surface area contributed by atoms with Gasteiger partial charge in [0.05, 0.1) is 0 Å². The molecule has 0 radical (unpaired) electrons. The fourth-order valence-corrected chi connectivity index (χ4v) is 2.30. The van der Waals surface area contributed by atoms with Crippen LogP contribution in [0.15, 0.2) is 12.1 Å². The summed E-state index contributed by atoms with van der Waals surface area (Å²) in [5.41, 5.74) is 10.4. The molecule has 0 spiro atoms. The molecule has 0 fully saturated rings. The van der Waals surface area contributed by atoms with E-state index < -0.39 is 0 Å². The molecule has 0 saturated carbocycles. The van der Waals surface area contributed by atoms with Crippen LogP contribution in [0.1, 0.15) is 29.2 Å². The Hall–Kier alpha value is -0.860. The third-order valence-corrected chi connectivity index (χ3v) is 3.05. The standard InChI is InChI=1S/C13H21NO/c1-9-6-10(2)12(11(3)7-9)13(4,8-14)15-5/h6-7H,8,14H2,1-5H3. The number of ether oxygens (including phenoxy) is 1. The molecule has 15 heavy (non-hydrogen) atoms. The molecule has 0 saturated heterocycles. The maximum atomic E-state index is 5.80. The number of aryl methyl sites for hydroxylation is 3. The van der Waals surface area contributed by atoms with Gasteiger partial charge in [-0.05, 0) is 44.4 Å². The van der Waals surface area contributed by atoms with Gasteiger partial charge < -0.3 is 10.5 Å². The SMILES string of the molecule is COC(C)(CN)c1c(C)cc(C)cc1C. The molecule has 0 heterocycles. The third kappa shape index (κ3) is 2.21. The molecule has 1 rings (SSSR count). The maximum Gasteiger partial charge on any atom is 0.103 e. The molecular weight excluding hydrogens is 186 g/mol. The molecular formula is C13H21NO. The van der Waals surface area contributed by atoms with Crippen LogP contribution >= 0.6 is 0 Å². The largest absolute Gasteiger partial charge is 0.372 e. The van der Waals surface area contributed by atoms with Gasteiger partial charge in [-0.15, -0.1) is 0 Å². The maximum absolute atomic E-state index is 5.80. The highest BCUT2D eigenvalue weighted by Crippen LogP contribution is 2.30. The molecule has 0 bridgehead atoms. The Bertz CT molecular complexity index is 331. The smallest absolute Gasteiger partial charge is 0.103 e. The van der Waals surface area contributed by atoms with Crippen LogP contribution in [0, 0.1) is 20.8 Å². The average Bonchev–Trinajstić information content (AvgIpc) is 2.15. The van der Waals surface area contributed by atoms with Crippen molar-refractivity contribution in [2.75, 3.05) is 13.7 Å². The average molecular weight is 207 g/mol. The van der Waals surface area contributed by atoms with E-state index >= 15 is 0 Å². The summed E-state index contributed by atoms with van der Waals surface area (Å²) in [7, 11) is 1.71. The zero-order valence-corrected chi connectivity index (χ0v) is 10.3. The van der Waals surface area contributed by atoms with Crippen molar-refractivity contribution in [1.82, 2.24) is 0 Å². The normalized spacial score (nSPS) is 15.1. The Morgan fingerprint density at radius 2 is 1.67 bits per heavy atom. The van der Waals surface area contributed by atoms with E-state index in [-0.39, 0.29) is 5.60 Å². The van der Waals surface area contributed by atoms with Gasteiger partial charge in [0.1, 0.15) is 5.60 Å². The van der Waals surface area contributed by atoms with Gasteiger partial charge in [0, 0.05) is 13.7 Å². The van der Waals surface area contributed by atoms with Crippen LogP contribution in [0.25, 0.3) is 0 Å². The van der Waals surface area contributed by atoms with Crippen molar-refractivity contribution < 1.29 is 4.74 Å². The van der Waals surface area contributed by atoms with Gasteiger partial charge in [-0.2, -0.15) is 0 Å². The van der Waals surface area contributed by atoms with Gasteiger partial charge in [0.15, 0.2) is 0 Å². The van der Waals surface area contributed by atoms with Crippen LogP contribution in [0.5, 0.6) is 0 Å². The first-order chi connectivity index (χ1) is 6.94. The molecule has 2 N–H and O–H groups in total. The Labute approximate surface area is 92.4 Å². The number of hydrogen-bond donors (Lipinski definition) is 1. The van der Waals surface area contributed by atoms with Crippen LogP contribution in [-0.2, 0) is 10.3 Å². The predicted octanol–water partition coefficient (Wildman–Crippen LogP) is 2.43. The summed E-state index contributed by atoms with van der Waals surface area (Å²) >= 11 is 0. The lowest BCUT2D eigenvalue weighted by atomic mass is 9.87. The summed E-state index contributed by atoms with van der Waals surface area (Å²) in [6, 6.07) is 4.35. The molecule has 2 heteroatoms. The van der Waals surface area contributed by atoms with Crippen LogP contribution in [-0.4, -0.2) is 13.7 Å². The van der Waals surface area contributed by atoms with E-state index in [4.69, 9.17) is 10.5 Å². The lowest BCUT2D eigenvalue weighted by Gasteiger charge is -2.30. The van der Waals surface area contributed by atoms with Crippen LogP contribution in [0.4, 0.5) is 0 Å². The van der Waals surface area contributed by atoms with Gasteiger partial charge in [-0.25, -0.2) is 0 Å². The van der Waals surface area contributed by atoms with E-state index in [0.717, 1.165) is 0 Å². The van der Waals surface area contributed by atoms with Gasteiger partial charge in [0.2, 0.25) is 0 Å². The van der Waals surface area contributed by atoms with Crippen molar-refractivity contribution in [3.63, 3.8) is 0 Å². The van der Waals surface area contributed by atoms with Gasteiger partial charge in [-0.3, -0.25) is 0 Å². The van der Waals surface area contributed by atoms with Crippen molar-refractivity contribution >= 4 is 0 Å². The first-order valence-electron chi connectivity index (χ1n) is 5.28. The first kappa shape index (κ1) is 12.2. The van der Waals surface area contributed by atoms with E-state index in [1.165, 1.54) is 22.3 Å². The highest BCUT2D eigenvalue weighted by Gasteiger charge is 2.27. The van der Waals surface area contributed by atoms with Crippen LogP contribution < -0.4 is 5.73 Å². The second-order valence-corrected chi connectivity index (χ2v) is 4.41. The number of nitrogens with two attached hydrogens (primary N) is 1. The van der Waals surface area contributed by atoms with Gasteiger partial charge >= 0.3 is 0 Å². The zero-order valence-electron chi connectivity index (χ0n) is 10.3. The molecule has 2 nitrogen and oxygen atoms in total. The summed E-state index contributed by atoms with van der Waals surface area (Å²) < 4.78 is 5.55. The lowest BCUT2D eigenvalue weighted by molar-refractivity contribution is 0.00904. The first-order valence-corrected chi connectivity index (χ1v) is 5.28. The Morgan fingerprint density at radius 3 is 2.00 bits per heavy atom. The summed E-state index contributed by atoms with van der Waals surface area (Å²) in [5.74, 6) is 0. The van der Waals surface area contributed by atoms with Gasteiger partial charge in [-0.1, -0.05) is 17.7 Å². The van der Waals surface area contributed by atoms with E-state index in [9.17, 15) is 0 Å². The Morgan fingerprint density at radius 1 is 1.20 bits per heavy atom. The minimum atomic E-state index is -0.373. The van der Waals surface area contributed by atoms with E-state index in [0.29, 0.717) is 6.54 Å². The number of rotatable bonds is 3. The van der Waals surface area contributed by atoms with Crippen molar-refractivity contribution in [1.29, 1.82) is 0 Å². The fourth-order valence-electron chi connectivity index (χ4n) is 2.30. The number of methoxy groups -OCH3 is 1. The molecule has 84 valence electrons. The van der Waals surface area contributed by atoms with Crippen molar-refractivity contribution in [2.45, 2.75) is 33.3 Å². The predicted molar refractivity (Wildman–Crippen MR) is 64.1 cm³/mol. The van der Waals surface area contributed by atoms with Crippen LogP contribution in [0.3, 0.4) is 0 Å². The molecule has 0 aromatic heterocycles. The molecule has 1 aromatic carbocycles. The van der Waals surface area contributed by atoms with Gasteiger partial charge in [0.25, 0.3) is 0 Å². The second kappa shape index (κ2) is 4.33. The molecule has 1 atom stereocenters. The summed E-state index contributed by atoms with van der Waals surface area (Å²) in [5, 5.41) is 0. The Balaban J connectivity index is 3.36. The quantitative estimate of drug-likeness (QED) is 0.826. The highest BCUT2D eigenvalue weighted by atomic mass is 16.5. The monoisotopic (exact) mass is 207 g/mol. The van der Waals surface area contributed by atoms with Crippen molar-refractivity contribution in [2.24, 2.45) is 5.73 Å². The molecule has 1 aromatic rings. The molecule has 1 unspecified atom stereocenters. The number of benzene rings is 1. The number of hydrogen-bond acceptors (Lipinski definition) is 2. The zero-order chi connectivity index (χ0) is 11.6. The molecule has 0 aliphatic rings. The topological polar surface area (TPSA) is 35.2 Å². The van der Waals surface area contributed by atoms with E-state index in [2.05, 4.69) is 32.9 Å². The second-order valence-electron chi connectivity index (χ2n) is 4.41. The lowest BCUT2D eigenvalue weighted by Crippen LogP contribution is -2.35. The van der Waals surface area contributed by atoms with Crippen molar-refractivity contribution in [3.8, 4) is 0 Å². The summed E-state index contributed by atoms with van der Waals surface area (Å²) in [4.78, 5) is 0. The fraction of sp³-hybridized carbons (Fsp3) is 0.538. The third-order valence-electron chi connectivity index (χ3n) is 3.05. The molecule has 0 aliphatic carbocycles. The molecule has 0 aliphatic heterocycles. The minimum Gasteiger partial charge on any atom is -0.372 e. The van der Waals surface area contributed by atoms with E-state index in [1.807, 2.05) is 6.92 Å². The van der Waals surface area contributed by atoms with Crippen molar-refractivity contribution in [3.05, 3.63) is 34.4 Å².